The number of hydrogen-bond donors (Lipinski definition) is 1. The first-order valence-electron chi connectivity index (χ1n) is 8.76. The average molecular weight is 350 g/mol. The Labute approximate surface area is 144 Å². The SMILES string of the molecule is O=C(CN1CCC(c2ccccc2)CC1)NC[C@H]1CCS(=O)(=O)C1. The predicted molar refractivity (Wildman–Crippen MR) is 94.6 cm³/mol. The number of rotatable bonds is 5. The minimum Gasteiger partial charge on any atom is -0.355 e. The Morgan fingerprint density at radius 2 is 1.83 bits per heavy atom. The second-order valence-corrected chi connectivity index (χ2v) is 9.26. The molecular formula is C18H26N2O3S. The molecule has 1 N–H and O–H groups in total. The standard InChI is InChI=1S/C18H26N2O3S/c21-18(19-12-15-8-11-24(22,23)14-15)13-20-9-6-17(7-10-20)16-4-2-1-3-5-16/h1-5,15,17H,6-14H2,(H,19,21)/t15-/m1/s1. The highest BCUT2D eigenvalue weighted by Gasteiger charge is 2.28. The quantitative estimate of drug-likeness (QED) is 0.872. The molecule has 1 aromatic rings. The monoisotopic (exact) mass is 350 g/mol. The number of nitrogens with one attached hydrogen (secondary N) is 1. The van der Waals surface area contributed by atoms with E-state index >= 15 is 0 Å². The van der Waals surface area contributed by atoms with Crippen molar-refractivity contribution >= 4 is 15.7 Å². The fourth-order valence-corrected chi connectivity index (χ4v) is 5.56. The first-order valence-corrected chi connectivity index (χ1v) is 10.6. The first-order chi connectivity index (χ1) is 11.5. The van der Waals surface area contributed by atoms with E-state index in [1.807, 2.05) is 6.07 Å². The molecule has 2 fully saturated rings. The molecule has 2 aliphatic rings. The van der Waals surface area contributed by atoms with Gasteiger partial charge in [-0.25, -0.2) is 8.42 Å². The number of nitrogens with zero attached hydrogens (tertiary/aromatic N) is 1. The third-order valence-electron chi connectivity index (χ3n) is 5.14. The van der Waals surface area contributed by atoms with Gasteiger partial charge in [-0.1, -0.05) is 30.3 Å². The van der Waals surface area contributed by atoms with E-state index in [0.29, 0.717) is 25.4 Å². The Kier molecular flexibility index (Phi) is 5.56. The van der Waals surface area contributed by atoms with Crippen molar-refractivity contribution in [3.63, 3.8) is 0 Å². The predicted octanol–water partition coefficient (Wildman–Crippen LogP) is 1.42. The van der Waals surface area contributed by atoms with Crippen molar-refractivity contribution in [3.05, 3.63) is 35.9 Å². The summed E-state index contributed by atoms with van der Waals surface area (Å²) < 4.78 is 22.9. The van der Waals surface area contributed by atoms with Gasteiger partial charge in [0.05, 0.1) is 18.1 Å². The van der Waals surface area contributed by atoms with E-state index in [1.54, 1.807) is 0 Å². The minimum atomic E-state index is -2.86. The van der Waals surface area contributed by atoms with Gasteiger partial charge in [0.1, 0.15) is 0 Å². The lowest BCUT2D eigenvalue weighted by atomic mass is 9.89. The molecule has 0 aliphatic carbocycles. The number of amides is 1. The molecule has 1 aromatic carbocycles. The van der Waals surface area contributed by atoms with Crippen LogP contribution in [0.3, 0.4) is 0 Å². The number of likely N-dealkylation sites (tertiary alicyclic amines) is 1. The minimum absolute atomic E-state index is 0.0115. The molecule has 0 aromatic heterocycles. The van der Waals surface area contributed by atoms with Gasteiger partial charge in [0.2, 0.25) is 5.91 Å². The van der Waals surface area contributed by atoms with Crippen LogP contribution in [-0.4, -0.2) is 56.9 Å². The Bertz CT molecular complexity index is 652. The van der Waals surface area contributed by atoms with Gasteiger partial charge in [-0.2, -0.15) is 0 Å². The number of benzene rings is 1. The van der Waals surface area contributed by atoms with E-state index in [1.165, 1.54) is 5.56 Å². The fraction of sp³-hybridized carbons (Fsp3) is 0.611. The molecule has 132 valence electrons. The largest absolute Gasteiger partial charge is 0.355 e. The third-order valence-corrected chi connectivity index (χ3v) is 6.98. The molecule has 0 saturated carbocycles. The van der Waals surface area contributed by atoms with Crippen LogP contribution in [0.5, 0.6) is 0 Å². The van der Waals surface area contributed by atoms with Gasteiger partial charge in [0.25, 0.3) is 0 Å². The van der Waals surface area contributed by atoms with E-state index in [-0.39, 0.29) is 23.3 Å². The highest BCUT2D eigenvalue weighted by Crippen LogP contribution is 2.27. The van der Waals surface area contributed by atoms with Crippen LogP contribution in [0.2, 0.25) is 0 Å². The smallest absolute Gasteiger partial charge is 0.234 e. The Morgan fingerprint density at radius 3 is 2.46 bits per heavy atom. The van der Waals surface area contributed by atoms with Crippen molar-refractivity contribution in [2.45, 2.75) is 25.2 Å². The molecule has 6 heteroatoms. The molecule has 0 radical (unpaired) electrons. The van der Waals surface area contributed by atoms with E-state index in [0.717, 1.165) is 25.9 Å². The van der Waals surface area contributed by atoms with Crippen LogP contribution < -0.4 is 5.32 Å². The highest BCUT2D eigenvalue weighted by molar-refractivity contribution is 7.91. The van der Waals surface area contributed by atoms with Crippen molar-refractivity contribution < 1.29 is 13.2 Å². The maximum Gasteiger partial charge on any atom is 0.234 e. The number of hydrogen-bond acceptors (Lipinski definition) is 4. The highest BCUT2D eigenvalue weighted by atomic mass is 32.2. The zero-order valence-electron chi connectivity index (χ0n) is 14.0. The Balaban J connectivity index is 1.37. The van der Waals surface area contributed by atoms with Crippen LogP contribution in [0, 0.1) is 5.92 Å². The summed E-state index contributed by atoms with van der Waals surface area (Å²) >= 11 is 0. The molecule has 5 nitrogen and oxygen atoms in total. The van der Waals surface area contributed by atoms with E-state index in [4.69, 9.17) is 0 Å². The van der Waals surface area contributed by atoms with Crippen LogP contribution in [0.25, 0.3) is 0 Å². The summed E-state index contributed by atoms with van der Waals surface area (Å²) in [4.78, 5) is 14.3. The summed E-state index contributed by atoms with van der Waals surface area (Å²) in [6.45, 7) is 2.77. The van der Waals surface area contributed by atoms with Crippen molar-refractivity contribution in [1.82, 2.24) is 10.2 Å². The summed E-state index contributed by atoms with van der Waals surface area (Å²) in [5, 5.41) is 2.91. The molecule has 1 amide bonds. The van der Waals surface area contributed by atoms with E-state index < -0.39 is 9.84 Å². The van der Waals surface area contributed by atoms with Gasteiger partial charge < -0.3 is 5.32 Å². The van der Waals surface area contributed by atoms with Gasteiger partial charge in [-0.3, -0.25) is 9.69 Å². The van der Waals surface area contributed by atoms with Gasteiger partial charge >= 0.3 is 0 Å². The second-order valence-electron chi connectivity index (χ2n) is 7.03. The molecule has 2 heterocycles. The lowest BCUT2D eigenvalue weighted by Crippen LogP contribution is -2.42. The molecule has 2 saturated heterocycles. The van der Waals surface area contributed by atoms with Crippen LogP contribution >= 0.6 is 0 Å². The first kappa shape index (κ1) is 17.4. The summed E-state index contributed by atoms with van der Waals surface area (Å²) in [6, 6.07) is 10.6. The lowest BCUT2D eigenvalue weighted by Gasteiger charge is -2.31. The number of sulfone groups is 1. The van der Waals surface area contributed by atoms with Gasteiger partial charge in [-0.15, -0.1) is 0 Å². The topological polar surface area (TPSA) is 66.5 Å². The zero-order chi connectivity index (χ0) is 17.0. The van der Waals surface area contributed by atoms with E-state index in [2.05, 4.69) is 34.5 Å². The molecule has 0 spiro atoms. The van der Waals surface area contributed by atoms with Crippen LogP contribution in [0.4, 0.5) is 0 Å². The van der Waals surface area contributed by atoms with Gasteiger partial charge in [0.15, 0.2) is 9.84 Å². The van der Waals surface area contributed by atoms with Gasteiger partial charge in [-0.05, 0) is 49.8 Å². The second kappa shape index (κ2) is 7.66. The maximum absolute atomic E-state index is 12.1. The summed E-state index contributed by atoms with van der Waals surface area (Å²) in [5.41, 5.74) is 1.39. The molecular weight excluding hydrogens is 324 g/mol. The number of carbonyl (C=O) groups is 1. The fourth-order valence-electron chi connectivity index (χ4n) is 3.70. The average Bonchev–Trinajstić information content (AvgIpc) is 2.94. The van der Waals surface area contributed by atoms with Crippen molar-refractivity contribution in [2.24, 2.45) is 5.92 Å². The maximum atomic E-state index is 12.1. The number of piperidine rings is 1. The van der Waals surface area contributed by atoms with Crippen molar-refractivity contribution in [3.8, 4) is 0 Å². The van der Waals surface area contributed by atoms with Crippen molar-refractivity contribution in [2.75, 3.05) is 37.7 Å². The van der Waals surface area contributed by atoms with Crippen LogP contribution in [-0.2, 0) is 14.6 Å². The van der Waals surface area contributed by atoms with Crippen LogP contribution in [0.1, 0.15) is 30.7 Å². The van der Waals surface area contributed by atoms with Crippen LogP contribution in [0.15, 0.2) is 30.3 Å². The lowest BCUT2D eigenvalue weighted by molar-refractivity contribution is -0.122. The summed E-state index contributed by atoms with van der Waals surface area (Å²) in [7, 11) is -2.86. The molecule has 1 atom stereocenters. The summed E-state index contributed by atoms with van der Waals surface area (Å²) in [5.74, 6) is 1.17. The zero-order valence-corrected chi connectivity index (χ0v) is 14.8. The molecule has 2 aliphatic heterocycles. The van der Waals surface area contributed by atoms with Crippen molar-refractivity contribution in [1.29, 1.82) is 0 Å². The summed E-state index contributed by atoms with van der Waals surface area (Å²) in [6.07, 6.45) is 2.83. The van der Waals surface area contributed by atoms with E-state index in [9.17, 15) is 13.2 Å². The third kappa shape index (κ3) is 4.80. The molecule has 0 unspecified atom stereocenters. The Hall–Kier alpha value is -1.40. The Morgan fingerprint density at radius 1 is 1.12 bits per heavy atom. The normalized spacial score (nSPS) is 24.8. The molecule has 0 bridgehead atoms. The number of carbonyl (C=O) groups excluding carboxylic acids is 1. The molecule has 3 rings (SSSR count). The molecule has 24 heavy (non-hydrogen) atoms. The van der Waals surface area contributed by atoms with Gasteiger partial charge in [0, 0.05) is 6.54 Å².